The quantitative estimate of drug-likeness (QED) is 0.00488. The topological polar surface area (TPSA) is 399 Å². The third-order valence-electron chi connectivity index (χ3n) is 23.4. The number of nitro benzene ring substituents is 1. The molecule has 0 unspecified atom stereocenters. The van der Waals surface area contributed by atoms with E-state index in [4.69, 9.17) is 66.7 Å². The molecule has 30 nitrogen and oxygen atoms in total. The van der Waals surface area contributed by atoms with Crippen molar-refractivity contribution in [2.24, 2.45) is 0 Å². The van der Waals surface area contributed by atoms with Crippen LogP contribution in [0.5, 0.6) is 69.4 Å². The number of alkyl halides is 1. The molecule has 0 aliphatic carbocycles. The molecular weight excluding hydrogens is 2290 g/mol. The standard InChI is InChI=1S/C24H28N2O6Si.C17H21NO4Si.C17H19NO2Si.C15H13Br2NO2.C13H12BrNO.C10H15NOSi.C7H7BrO3.C6H4BrNO3/c1-28-16-12-19(29-2)23(20(13-16)30-3)26-24(27)18-8-9-22(32-18)31-15-6-7-17-21(14-15)33(4,5)11-10-25-17;1-4-20-17(19)14-7-8-16(22-14)21-12-5-6-13-15(11-12)23(2,3)10-9-18-13;1-21(2)12-17(19)18-15-9-8-14(10-16(15)21)20-11-13-6-4-3-5-7-13;16-9-15(19)18-14-7-6-12(8-13(14)17)20-10-11-4-2-1-3-5-11;14-12-8-11(6-7-13(12)15)16-9-10-4-2-1-3-5-10;1-13(2)6-5-11-9-4-3-8(12)7-10(9)13;1-2-10-7(9)5-3-4-6(8)11-5;7-5-3-4(9)1-2-6(5)8(10)11/h6-9,12-14,25H,10-11H2,1-5H3,(H,26,27);5-8,11,18H,4,9-10H2,1-3H3;3-10H,11-12H2,1-2H3,(H,18,19);1-8H,9-10H2,(H,18,19);1-8H,9,15H2;3-4,7,11-12H,5-6H2,1-2H3;3-4H,2H2,1H3;1-3,9H. The van der Waals surface area contributed by atoms with Crippen LogP contribution in [0, 0.1) is 10.1 Å². The van der Waals surface area contributed by atoms with Crippen LogP contribution in [0.15, 0.2) is 298 Å². The monoisotopic (exact) mass is 2400 g/mol. The van der Waals surface area contributed by atoms with E-state index in [9.17, 15) is 39.2 Å². The van der Waals surface area contributed by atoms with Crippen LogP contribution < -0.4 is 96.3 Å². The van der Waals surface area contributed by atoms with Gasteiger partial charge in [0.15, 0.2) is 10.4 Å². The van der Waals surface area contributed by atoms with Gasteiger partial charge in [-0.1, -0.05) is 159 Å². The molecule has 0 saturated heterocycles. The Hall–Kier alpha value is -13.5. The smallest absolute Gasteiger partial charge is 0.374 e. The van der Waals surface area contributed by atoms with E-state index < -0.39 is 55.1 Å². The number of esters is 2. The number of nitrogens with two attached hydrogens (primary N) is 1. The van der Waals surface area contributed by atoms with Gasteiger partial charge in [0.1, 0.15) is 83.0 Å². The van der Waals surface area contributed by atoms with Gasteiger partial charge in [-0.2, -0.15) is 0 Å². The summed E-state index contributed by atoms with van der Waals surface area (Å²) in [5.41, 5.74) is 15.4. The number of fused-ring (bicyclic) bond motifs is 4. The van der Waals surface area contributed by atoms with Gasteiger partial charge in [-0.15, -0.1) is 0 Å². The number of carbonyl (C=O) groups excluding carboxylic acids is 5. The summed E-state index contributed by atoms with van der Waals surface area (Å²) >= 11 is 15.9. The molecule has 3 aromatic heterocycles. The number of anilines is 7. The Balaban J connectivity index is 0.000000165. The first kappa shape index (κ1) is 115. The summed E-state index contributed by atoms with van der Waals surface area (Å²) in [6, 6.07) is 85.8. The molecule has 148 heavy (non-hydrogen) atoms. The summed E-state index contributed by atoms with van der Waals surface area (Å²) in [5.74, 6) is 5.22. The molecule has 14 aromatic rings. The number of nitrogens with one attached hydrogen (secondary N) is 6. The number of ether oxygens (including phenoxy) is 10. The van der Waals surface area contributed by atoms with E-state index >= 15 is 0 Å². The molecule has 4 aliphatic heterocycles. The average molecular weight is 2410 g/mol. The Morgan fingerprint density at radius 2 is 0.851 bits per heavy atom. The Kier molecular flexibility index (Phi) is 42.6. The molecule has 0 saturated carbocycles. The van der Waals surface area contributed by atoms with Crippen molar-refractivity contribution in [1.29, 1.82) is 0 Å². The number of phenolic OH excluding ortho intramolecular Hbond substituents is 2. The zero-order valence-electron chi connectivity index (χ0n) is 84.1. The average Bonchev–Trinajstić information content (AvgIpc) is 0.903. The number of phenols is 2. The number of hydrogen-bond acceptors (Lipinski definition) is 26. The van der Waals surface area contributed by atoms with Crippen LogP contribution >= 0.6 is 79.6 Å². The van der Waals surface area contributed by atoms with Crippen molar-refractivity contribution in [3.8, 4) is 69.4 Å². The molecule has 0 atom stereocenters. The Morgan fingerprint density at radius 3 is 1.30 bits per heavy atom. The number of hydrogen-bond donors (Lipinski definition) is 9. The molecule has 10 N–H and O–H groups in total. The maximum Gasteiger partial charge on any atom is 0.374 e. The Morgan fingerprint density at radius 1 is 0.439 bits per heavy atom. The Labute approximate surface area is 906 Å². The van der Waals surface area contributed by atoms with Crippen LogP contribution in [-0.2, 0) is 38.9 Å². The fourth-order valence-corrected chi connectivity index (χ4v) is 27.1. The van der Waals surface area contributed by atoms with Crippen LogP contribution in [0.3, 0.4) is 0 Å². The molecule has 778 valence electrons. The lowest BCUT2D eigenvalue weighted by atomic mass is 10.2. The zero-order valence-corrected chi connectivity index (χ0v) is 96.0. The van der Waals surface area contributed by atoms with Gasteiger partial charge in [0.05, 0.1) is 87.3 Å². The van der Waals surface area contributed by atoms with Crippen LogP contribution in [0.1, 0.15) is 62.2 Å². The number of aromatic hydroxyl groups is 2. The second kappa shape index (κ2) is 54.9. The van der Waals surface area contributed by atoms with E-state index in [0.717, 1.165) is 79.6 Å². The predicted octanol–water partition coefficient (Wildman–Crippen LogP) is 25.4. The summed E-state index contributed by atoms with van der Waals surface area (Å²) in [6.45, 7) is 27.5. The fraction of sp³-hybridized carbons (Fsp3) is 0.239. The normalized spacial score (nSPS) is 13.3. The highest BCUT2D eigenvalue weighted by atomic mass is 79.9. The molecule has 39 heteroatoms. The van der Waals surface area contributed by atoms with Crippen LogP contribution in [0.4, 0.5) is 45.5 Å². The number of halogens is 5. The Bertz CT molecular complexity index is 6840. The van der Waals surface area contributed by atoms with Crippen LogP contribution in [-0.4, -0.2) is 137 Å². The van der Waals surface area contributed by atoms with Crippen molar-refractivity contribution in [3.05, 3.63) is 329 Å². The van der Waals surface area contributed by atoms with Crippen molar-refractivity contribution >= 4 is 208 Å². The summed E-state index contributed by atoms with van der Waals surface area (Å²) in [4.78, 5) is 68.1. The van der Waals surface area contributed by atoms with E-state index in [1.807, 2.05) is 164 Å². The third kappa shape index (κ3) is 34.0. The van der Waals surface area contributed by atoms with Gasteiger partial charge in [-0.3, -0.25) is 24.5 Å². The molecule has 11 aromatic carbocycles. The maximum atomic E-state index is 12.8. The molecule has 7 heterocycles. The number of furan rings is 3. The molecular formula is C109H119Br5N8O22Si4. The summed E-state index contributed by atoms with van der Waals surface area (Å²) in [7, 11) is -1.37. The van der Waals surface area contributed by atoms with Gasteiger partial charge in [0.2, 0.25) is 23.3 Å². The van der Waals surface area contributed by atoms with Gasteiger partial charge in [-0.25, -0.2) is 9.59 Å². The lowest BCUT2D eigenvalue weighted by Gasteiger charge is -2.31. The highest BCUT2D eigenvalue weighted by Crippen LogP contribution is 2.41. The van der Waals surface area contributed by atoms with Gasteiger partial charge >= 0.3 is 11.9 Å². The molecule has 18 rings (SSSR count). The van der Waals surface area contributed by atoms with Gasteiger partial charge in [0, 0.05) is 99.5 Å². The number of methoxy groups -OCH3 is 3. The lowest BCUT2D eigenvalue weighted by Crippen LogP contribution is -2.49. The number of benzene rings is 11. The van der Waals surface area contributed by atoms with Crippen molar-refractivity contribution in [1.82, 2.24) is 0 Å². The van der Waals surface area contributed by atoms with E-state index in [1.54, 1.807) is 75.6 Å². The molecule has 0 bridgehead atoms. The SMILES string of the molecule is CCOC(=O)c1ccc(Br)o1.CCOC(=O)c1ccc(Oc2ccc3c(c2)[Si](C)(C)CCN3)o1.COc1cc(OC)c(NC(=O)c2ccc(Oc3ccc4c(c3)[Si](C)(C)CCN4)o2)c(OC)c1.C[Si]1(C)CC(=O)Nc2ccc(OCc3ccccc3)cc21.C[Si]1(C)CCNc2ccc(O)cc21.Nc1ccc(OCc2ccccc2)cc1Br.O=C(CBr)Nc1ccc(OCc2ccccc2)cc1Br.O=[N+]([O-])c1ccc(O)cc1Br. The number of amides is 3. The zero-order chi connectivity index (χ0) is 107. The first-order chi connectivity index (χ1) is 70.8. The fourth-order valence-electron chi connectivity index (χ4n) is 15.4. The number of nitro groups is 1. The van der Waals surface area contributed by atoms with Gasteiger partial charge in [-0.05, 0) is 273 Å². The van der Waals surface area contributed by atoms with Crippen molar-refractivity contribution in [3.63, 3.8) is 0 Å². The maximum absolute atomic E-state index is 12.8. The predicted molar refractivity (Wildman–Crippen MR) is 609 cm³/mol. The summed E-state index contributed by atoms with van der Waals surface area (Å²) < 4.78 is 73.0. The second-order valence-corrected chi connectivity index (χ2v) is 59.2. The summed E-state index contributed by atoms with van der Waals surface area (Å²) in [6.07, 6.45) is 0. The highest BCUT2D eigenvalue weighted by molar-refractivity contribution is 9.11. The van der Waals surface area contributed by atoms with E-state index in [2.05, 4.69) is 199 Å². The molecule has 4 aliphatic rings. The van der Waals surface area contributed by atoms with Gasteiger partial charge < -0.3 is 108 Å². The van der Waals surface area contributed by atoms with E-state index in [-0.39, 0.29) is 62.2 Å². The van der Waals surface area contributed by atoms with Crippen molar-refractivity contribution in [2.45, 2.75) is 110 Å². The van der Waals surface area contributed by atoms with Crippen LogP contribution in [0.2, 0.25) is 76.6 Å². The highest BCUT2D eigenvalue weighted by Gasteiger charge is 2.36. The largest absolute Gasteiger partial charge is 0.508 e. The number of rotatable bonds is 25. The van der Waals surface area contributed by atoms with Gasteiger partial charge in [0.25, 0.3) is 23.5 Å². The molecule has 3 amide bonds. The first-order valence-electron chi connectivity index (χ1n) is 47.2. The van der Waals surface area contributed by atoms with E-state index in [1.165, 1.54) is 88.4 Å². The minimum atomic E-state index is -1.71. The molecule has 0 spiro atoms. The number of carbonyl (C=O) groups is 5. The number of nitrogen functional groups attached to an aromatic ring is 1. The third-order valence-corrected chi connectivity index (χ3v) is 39.6. The van der Waals surface area contributed by atoms with Crippen LogP contribution in [0.25, 0.3) is 0 Å². The summed E-state index contributed by atoms with van der Waals surface area (Å²) in [5, 5.41) is 52.9. The number of nitrogens with zero attached hydrogens (tertiary/aromatic N) is 1. The van der Waals surface area contributed by atoms with Crippen molar-refractivity contribution in [2.75, 3.05) is 97.1 Å². The van der Waals surface area contributed by atoms with E-state index in [0.29, 0.717) is 83.9 Å². The second-order valence-electron chi connectivity index (χ2n) is 36.2. The molecule has 0 radical (unpaired) electrons. The molecule has 0 fully saturated rings. The lowest BCUT2D eigenvalue weighted by molar-refractivity contribution is -0.385. The van der Waals surface area contributed by atoms with Crippen molar-refractivity contribution < 1.29 is 99.7 Å². The minimum absolute atomic E-state index is 0.00229. The minimum Gasteiger partial charge on any atom is -0.508 e. The first-order valence-corrected chi connectivity index (χ1v) is 64.3.